The molecule has 0 saturated carbocycles. The van der Waals surface area contributed by atoms with E-state index in [4.69, 9.17) is 0 Å². The van der Waals surface area contributed by atoms with Gasteiger partial charge in [0.25, 0.3) is 10.2 Å². The van der Waals surface area contributed by atoms with Crippen LogP contribution in [0.2, 0.25) is 0 Å². The summed E-state index contributed by atoms with van der Waals surface area (Å²) < 4.78 is 28.1. The van der Waals surface area contributed by atoms with Crippen LogP contribution in [0.15, 0.2) is 0 Å². The van der Waals surface area contributed by atoms with Crippen molar-refractivity contribution in [2.24, 2.45) is 5.92 Å². The van der Waals surface area contributed by atoms with Gasteiger partial charge in [-0.2, -0.15) is 17.0 Å². The van der Waals surface area contributed by atoms with Crippen LogP contribution in [0.1, 0.15) is 45.4 Å². The van der Waals surface area contributed by atoms with Crippen molar-refractivity contribution >= 4 is 16.2 Å². The summed E-state index contributed by atoms with van der Waals surface area (Å²) in [5.74, 6) is -0.635. The van der Waals surface area contributed by atoms with E-state index < -0.39 is 22.2 Å². The molecule has 2 saturated heterocycles. The van der Waals surface area contributed by atoms with Gasteiger partial charge >= 0.3 is 5.97 Å². The maximum absolute atomic E-state index is 12.7. The molecule has 2 rings (SSSR count). The average molecular weight is 304 g/mol. The monoisotopic (exact) mass is 304 g/mol. The fourth-order valence-electron chi connectivity index (χ4n) is 3.15. The molecule has 0 aromatic heterocycles. The van der Waals surface area contributed by atoms with Gasteiger partial charge in [-0.25, -0.2) is 0 Å². The van der Waals surface area contributed by atoms with E-state index in [1.54, 1.807) is 0 Å². The number of rotatable bonds is 4. The Hall–Kier alpha value is -0.660. The van der Waals surface area contributed by atoms with Crippen LogP contribution < -0.4 is 0 Å². The molecule has 2 unspecified atom stereocenters. The van der Waals surface area contributed by atoms with Crippen molar-refractivity contribution < 1.29 is 18.3 Å². The van der Waals surface area contributed by atoms with E-state index >= 15 is 0 Å². The van der Waals surface area contributed by atoms with Gasteiger partial charge in [0.1, 0.15) is 6.04 Å². The third-order valence-electron chi connectivity index (χ3n) is 4.42. The molecule has 2 heterocycles. The number of hydrogen-bond acceptors (Lipinski definition) is 3. The van der Waals surface area contributed by atoms with Gasteiger partial charge in [0.15, 0.2) is 0 Å². The number of aliphatic carboxylic acids is 1. The van der Waals surface area contributed by atoms with Crippen molar-refractivity contribution in [1.29, 1.82) is 0 Å². The summed E-state index contributed by atoms with van der Waals surface area (Å²) in [4.78, 5) is 11.3. The van der Waals surface area contributed by atoms with Gasteiger partial charge in [0, 0.05) is 19.6 Å². The molecule has 2 fully saturated rings. The summed E-state index contributed by atoms with van der Waals surface area (Å²) >= 11 is 0. The number of carboxylic acids is 1. The highest BCUT2D eigenvalue weighted by molar-refractivity contribution is 7.86. The lowest BCUT2D eigenvalue weighted by molar-refractivity contribution is -0.142. The molecule has 2 aliphatic rings. The maximum Gasteiger partial charge on any atom is 0.322 e. The quantitative estimate of drug-likeness (QED) is 0.849. The molecule has 116 valence electrons. The Morgan fingerprint density at radius 1 is 1.20 bits per heavy atom. The molecular weight excluding hydrogens is 280 g/mol. The van der Waals surface area contributed by atoms with Gasteiger partial charge < -0.3 is 5.11 Å². The molecule has 0 aliphatic carbocycles. The third kappa shape index (κ3) is 3.15. The minimum absolute atomic E-state index is 0.326. The van der Waals surface area contributed by atoms with Crippen molar-refractivity contribution in [3.05, 3.63) is 0 Å². The Labute approximate surface area is 120 Å². The van der Waals surface area contributed by atoms with Crippen molar-refractivity contribution in [3.63, 3.8) is 0 Å². The van der Waals surface area contributed by atoms with E-state index in [1.807, 2.05) is 0 Å². The van der Waals surface area contributed by atoms with E-state index in [-0.39, 0.29) is 0 Å². The summed E-state index contributed by atoms with van der Waals surface area (Å²) in [5.41, 5.74) is 0. The molecule has 0 spiro atoms. The Bertz CT molecular complexity index is 451. The van der Waals surface area contributed by atoms with Crippen LogP contribution in [-0.4, -0.2) is 53.8 Å². The van der Waals surface area contributed by atoms with Crippen LogP contribution in [0.4, 0.5) is 0 Å². The summed E-state index contributed by atoms with van der Waals surface area (Å²) in [7, 11) is -3.64. The number of carboxylic acid groups (broad SMARTS) is 1. The van der Waals surface area contributed by atoms with Gasteiger partial charge in [0.2, 0.25) is 0 Å². The predicted octanol–water partition coefficient (Wildman–Crippen LogP) is 1.29. The first-order valence-corrected chi connectivity index (χ1v) is 8.86. The molecule has 20 heavy (non-hydrogen) atoms. The highest BCUT2D eigenvalue weighted by Gasteiger charge is 2.41. The second-order valence-corrected chi connectivity index (χ2v) is 7.62. The number of hydrogen-bond donors (Lipinski definition) is 1. The molecule has 0 amide bonds. The first-order valence-electron chi connectivity index (χ1n) is 7.46. The summed E-state index contributed by atoms with van der Waals surface area (Å²) in [6, 6.07) is -0.893. The van der Waals surface area contributed by atoms with Gasteiger partial charge in [-0.15, -0.1) is 0 Å². The van der Waals surface area contributed by atoms with Crippen LogP contribution >= 0.6 is 0 Å². The zero-order chi connectivity index (χ0) is 14.8. The lowest BCUT2D eigenvalue weighted by atomic mass is 9.97. The van der Waals surface area contributed by atoms with Crippen LogP contribution in [0.25, 0.3) is 0 Å². The van der Waals surface area contributed by atoms with Crippen LogP contribution in [0.5, 0.6) is 0 Å². The molecule has 6 nitrogen and oxygen atoms in total. The standard InChI is InChI=1S/C13H24N2O4S/c1-2-11-6-5-8-14(10-11)20(18,19)15-9-4-3-7-12(15)13(16)17/h11-12H,2-10H2,1H3,(H,16,17). The zero-order valence-electron chi connectivity index (χ0n) is 12.0. The molecule has 2 aliphatic heterocycles. The smallest absolute Gasteiger partial charge is 0.322 e. The van der Waals surface area contributed by atoms with Crippen LogP contribution in [-0.2, 0) is 15.0 Å². The highest BCUT2D eigenvalue weighted by Crippen LogP contribution is 2.27. The molecule has 2 atom stereocenters. The van der Waals surface area contributed by atoms with Crippen molar-refractivity contribution in [1.82, 2.24) is 8.61 Å². The Morgan fingerprint density at radius 2 is 1.95 bits per heavy atom. The van der Waals surface area contributed by atoms with Crippen molar-refractivity contribution in [2.45, 2.75) is 51.5 Å². The van der Waals surface area contributed by atoms with E-state index in [2.05, 4.69) is 6.92 Å². The van der Waals surface area contributed by atoms with Crippen LogP contribution in [0, 0.1) is 5.92 Å². The predicted molar refractivity (Wildman–Crippen MR) is 75.5 cm³/mol. The molecule has 1 N–H and O–H groups in total. The van der Waals surface area contributed by atoms with E-state index in [0.717, 1.165) is 32.1 Å². The Kier molecular flexibility index (Phi) is 5.04. The normalized spacial score (nSPS) is 30.2. The fraction of sp³-hybridized carbons (Fsp3) is 0.923. The first-order chi connectivity index (χ1) is 9.46. The van der Waals surface area contributed by atoms with Gasteiger partial charge in [-0.05, 0) is 38.0 Å². The van der Waals surface area contributed by atoms with Gasteiger partial charge in [-0.3, -0.25) is 4.79 Å². The van der Waals surface area contributed by atoms with Crippen molar-refractivity contribution in [3.8, 4) is 0 Å². The average Bonchev–Trinajstić information content (AvgIpc) is 2.47. The Morgan fingerprint density at radius 3 is 2.60 bits per heavy atom. The second kappa shape index (κ2) is 6.41. The Balaban J connectivity index is 2.17. The lowest BCUT2D eigenvalue weighted by Crippen LogP contribution is -2.55. The summed E-state index contributed by atoms with van der Waals surface area (Å²) in [5, 5.41) is 9.24. The highest BCUT2D eigenvalue weighted by atomic mass is 32.2. The minimum atomic E-state index is -3.64. The van der Waals surface area contributed by atoms with Gasteiger partial charge in [0.05, 0.1) is 0 Å². The minimum Gasteiger partial charge on any atom is -0.480 e. The van der Waals surface area contributed by atoms with E-state index in [9.17, 15) is 18.3 Å². The molecule has 0 aromatic rings. The van der Waals surface area contributed by atoms with E-state index in [1.165, 1.54) is 8.61 Å². The topological polar surface area (TPSA) is 77.9 Å². The van der Waals surface area contributed by atoms with Crippen molar-refractivity contribution in [2.75, 3.05) is 19.6 Å². The zero-order valence-corrected chi connectivity index (χ0v) is 12.8. The van der Waals surface area contributed by atoms with E-state index in [0.29, 0.717) is 32.0 Å². The lowest BCUT2D eigenvalue weighted by Gasteiger charge is -2.39. The molecule has 0 radical (unpaired) electrons. The summed E-state index contributed by atoms with van der Waals surface area (Å²) in [6.07, 6.45) is 4.83. The van der Waals surface area contributed by atoms with Crippen LogP contribution in [0.3, 0.4) is 0 Å². The maximum atomic E-state index is 12.7. The number of nitrogens with zero attached hydrogens (tertiary/aromatic N) is 2. The first kappa shape index (κ1) is 15.7. The van der Waals surface area contributed by atoms with Gasteiger partial charge in [-0.1, -0.05) is 13.3 Å². The molecular formula is C13H24N2O4S. The number of carbonyl (C=O) groups is 1. The summed E-state index contributed by atoms with van der Waals surface area (Å²) in [6.45, 7) is 3.44. The fourth-order valence-corrected chi connectivity index (χ4v) is 5.08. The SMILES string of the molecule is CCC1CCCN(S(=O)(=O)N2CCCCC2C(=O)O)C1. The molecule has 0 aromatic carbocycles. The second-order valence-electron chi connectivity index (χ2n) is 5.74. The molecule has 0 bridgehead atoms. The third-order valence-corrected chi connectivity index (χ3v) is 6.43. The molecule has 7 heteroatoms. The number of piperidine rings is 2. The largest absolute Gasteiger partial charge is 0.480 e.